The Morgan fingerprint density at radius 2 is 2.12 bits per heavy atom. The number of nitrogen functional groups attached to an aromatic ring is 1. The topological polar surface area (TPSA) is 101 Å². The predicted octanol–water partition coefficient (Wildman–Crippen LogP) is -0.0535. The molecule has 1 aromatic rings. The van der Waals surface area contributed by atoms with Gasteiger partial charge in [0.25, 0.3) is 0 Å². The zero-order valence-electron chi connectivity index (χ0n) is 9.03. The van der Waals surface area contributed by atoms with Gasteiger partial charge in [0.2, 0.25) is 15.9 Å². The average molecular weight is 278 g/mol. The Balaban J connectivity index is 2.97. The van der Waals surface area contributed by atoms with E-state index in [1.165, 1.54) is 25.2 Å². The Hall–Kier alpha value is -1.31. The molecule has 0 unspecified atom stereocenters. The molecule has 8 heteroatoms. The second-order valence-corrected chi connectivity index (χ2v) is 5.35. The van der Waals surface area contributed by atoms with Gasteiger partial charge in [-0.15, -0.1) is 0 Å². The number of sulfonamides is 1. The van der Waals surface area contributed by atoms with E-state index in [1.54, 1.807) is 0 Å². The minimum absolute atomic E-state index is 0.0683. The van der Waals surface area contributed by atoms with Crippen LogP contribution in [0.15, 0.2) is 23.1 Å². The Morgan fingerprint density at radius 1 is 1.47 bits per heavy atom. The maximum absolute atomic E-state index is 11.8. The van der Waals surface area contributed by atoms with Gasteiger partial charge in [0.1, 0.15) is 4.90 Å². The largest absolute Gasteiger partial charge is 0.398 e. The van der Waals surface area contributed by atoms with Crippen LogP contribution in [0.2, 0.25) is 5.02 Å². The Kier molecular flexibility index (Phi) is 4.33. The number of carbonyl (C=O) groups is 1. The summed E-state index contributed by atoms with van der Waals surface area (Å²) in [5.41, 5.74) is 5.60. The lowest BCUT2D eigenvalue weighted by molar-refractivity contribution is -0.119. The van der Waals surface area contributed by atoms with Gasteiger partial charge in [-0.3, -0.25) is 4.79 Å². The summed E-state index contributed by atoms with van der Waals surface area (Å²) in [5.74, 6) is -0.450. The number of carbonyl (C=O) groups excluding carboxylic acids is 1. The van der Waals surface area contributed by atoms with E-state index in [1.807, 2.05) is 0 Å². The van der Waals surface area contributed by atoms with Crippen molar-refractivity contribution >= 4 is 33.2 Å². The SMILES string of the molecule is CNC(=O)CNS(=O)(=O)c1cc(Cl)ccc1N. The number of amides is 1. The third-order valence-corrected chi connectivity index (χ3v) is 3.66. The highest BCUT2D eigenvalue weighted by molar-refractivity contribution is 7.89. The van der Waals surface area contributed by atoms with E-state index < -0.39 is 15.9 Å². The number of likely N-dealkylation sites (N-methyl/N-ethyl adjacent to an activating group) is 1. The normalized spacial score (nSPS) is 11.2. The first-order valence-corrected chi connectivity index (χ1v) is 6.48. The minimum Gasteiger partial charge on any atom is -0.398 e. The smallest absolute Gasteiger partial charge is 0.243 e. The number of halogens is 1. The van der Waals surface area contributed by atoms with Gasteiger partial charge < -0.3 is 11.1 Å². The number of anilines is 1. The molecule has 0 saturated heterocycles. The molecule has 0 heterocycles. The van der Waals surface area contributed by atoms with Crippen molar-refractivity contribution in [3.8, 4) is 0 Å². The van der Waals surface area contributed by atoms with Gasteiger partial charge in [-0.2, -0.15) is 0 Å². The lowest BCUT2D eigenvalue weighted by Gasteiger charge is -2.08. The van der Waals surface area contributed by atoms with Crippen molar-refractivity contribution in [2.45, 2.75) is 4.90 Å². The number of rotatable bonds is 4. The van der Waals surface area contributed by atoms with Crippen LogP contribution >= 0.6 is 11.6 Å². The van der Waals surface area contributed by atoms with E-state index in [-0.39, 0.29) is 22.2 Å². The van der Waals surface area contributed by atoms with Crippen molar-refractivity contribution in [3.63, 3.8) is 0 Å². The molecule has 0 saturated carbocycles. The predicted molar refractivity (Wildman–Crippen MR) is 65.1 cm³/mol. The summed E-state index contributed by atoms with van der Waals surface area (Å²) in [7, 11) is -2.43. The van der Waals surface area contributed by atoms with Crippen LogP contribution in [0.3, 0.4) is 0 Å². The van der Waals surface area contributed by atoms with Crippen LogP contribution in [0, 0.1) is 0 Å². The number of hydrogen-bond acceptors (Lipinski definition) is 4. The molecule has 4 N–H and O–H groups in total. The summed E-state index contributed by atoms with van der Waals surface area (Å²) in [5, 5.41) is 2.54. The highest BCUT2D eigenvalue weighted by Gasteiger charge is 2.18. The minimum atomic E-state index is -3.84. The van der Waals surface area contributed by atoms with E-state index in [2.05, 4.69) is 10.0 Å². The molecule has 1 rings (SSSR count). The van der Waals surface area contributed by atoms with Gasteiger partial charge in [-0.25, -0.2) is 13.1 Å². The molecule has 0 aromatic heterocycles. The van der Waals surface area contributed by atoms with E-state index in [0.29, 0.717) is 0 Å². The standard InChI is InChI=1S/C9H12ClN3O3S/c1-12-9(14)5-13-17(15,16)8-4-6(10)2-3-7(8)11/h2-4,13H,5,11H2,1H3,(H,12,14). The monoisotopic (exact) mass is 277 g/mol. The zero-order valence-corrected chi connectivity index (χ0v) is 10.6. The third kappa shape index (κ3) is 3.58. The highest BCUT2D eigenvalue weighted by Crippen LogP contribution is 2.22. The molecule has 0 bridgehead atoms. The Morgan fingerprint density at radius 3 is 2.71 bits per heavy atom. The molecule has 0 fully saturated rings. The van der Waals surface area contributed by atoms with Crippen molar-refractivity contribution in [1.82, 2.24) is 10.0 Å². The molecule has 1 aromatic carbocycles. The molecular weight excluding hydrogens is 266 g/mol. The molecule has 0 spiro atoms. The second kappa shape index (κ2) is 5.35. The summed E-state index contributed by atoms with van der Waals surface area (Å²) in [6.07, 6.45) is 0. The van der Waals surface area contributed by atoms with Crippen LogP contribution in [0.5, 0.6) is 0 Å². The summed E-state index contributed by atoms with van der Waals surface area (Å²) < 4.78 is 25.7. The van der Waals surface area contributed by atoms with E-state index in [4.69, 9.17) is 17.3 Å². The summed E-state index contributed by atoms with van der Waals surface area (Å²) in [6.45, 7) is -0.356. The van der Waals surface area contributed by atoms with Gasteiger partial charge >= 0.3 is 0 Å². The van der Waals surface area contributed by atoms with Crippen molar-refractivity contribution < 1.29 is 13.2 Å². The molecule has 0 radical (unpaired) electrons. The maximum atomic E-state index is 11.8. The molecule has 0 aliphatic carbocycles. The molecule has 0 aliphatic heterocycles. The quantitative estimate of drug-likeness (QED) is 0.672. The lowest BCUT2D eigenvalue weighted by Crippen LogP contribution is -2.35. The van der Waals surface area contributed by atoms with Crippen LogP contribution in [0.4, 0.5) is 5.69 Å². The molecular formula is C9H12ClN3O3S. The number of hydrogen-bond donors (Lipinski definition) is 3. The molecule has 17 heavy (non-hydrogen) atoms. The van der Waals surface area contributed by atoms with Gasteiger partial charge in [0.05, 0.1) is 12.2 Å². The zero-order chi connectivity index (χ0) is 13.1. The van der Waals surface area contributed by atoms with Gasteiger partial charge in [0.15, 0.2) is 0 Å². The van der Waals surface area contributed by atoms with Crippen LogP contribution in [-0.4, -0.2) is 27.9 Å². The Bertz CT molecular complexity index is 530. The van der Waals surface area contributed by atoms with Crippen LogP contribution in [0.25, 0.3) is 0 Å². The van der Waals surface area contributed by atoms with Crippen molar-refractivity contribution in [1.29, 1.82) is 0 Å². The van der Waals surface area contributed by atoms with Crippen molar-refractivity contribution in [3.05, 3.63) is 23.2 Å². The third-order valence-electron chi connectivity index (χ3n) is 1.97. The molecule has 1 amide bonds. The Labute approximate surface area is 104 Å². The number of nitrogens with two attached hydrogens (primary N) is 1. The fourth-order valence-corrected chi connectivity index (χ4v) is 2.44. The van der Waals surface area contributed by atoms with Crippen LogP contribution in [0.1, 0.15) is 0 Å². The van der Waals surface area contributed by atoms with Crippen molar-refractivity contribution in [2.24, 2.45) is 0 Å². The highest BCUT2D eigenvalue weighted by atomic mass is 35.5. The average Bonchev–Trinajstić information content (AvgIpc) is 2.29. The molecule has 94 valence electrons. The first kappa shape index (κ1) is 13.8. The van der Waals surface area contributed by atoms with E-state index >= 15 is 0 Å². The number of benzene rings is 1. The molecule has 6 nitrogen and oxygen atoms in total. The van der Waals surface area contributed by atoms with E-state index in [0.717, 1.165) is 0 Å². The first-order chi connectivity index (χ1) is 7.86. The molecule has 0 atom stereocenters. The maximum Gasteiger partial charge on any atom is 0.243 e. The van der Waals surface area contributed by atoms with Gasteiger partial charge in [0, 0.05) is 12.1 Å². The fourth-order valence-electron chi connectivity index (χ4n) is 1.07. The van der Waals surface area contributed by atoms with Crippen LogP contribution < -0.4 is 15.8 Å². The summed E-state index contributed by atoms with van der Waals surface area (Å²) in [6, 6.07) is 4.09. The summed E-state index contributed by atoms with van der Waals surface area (Å²) >= 11 is 5.69. The lowest BCUT2D eigenvalue weighted by atomic mass is 10.3. The van der Waals surface area contributed by atoms with E-state index in [9.17, 15) is 13.2 Å². The van der Waals surface area contributed by atoms with Crippen molar-refractivity contribution in [2.75, 3.05) is 19.3 Å². The second-order valence-electron chi connectivity index (χ2n) is 3.18. The van der Waals surface area contributed by atoms with Crippen LogP contribution in [-0.2, 0) is 14.8 Å². The molecule has 0 aliphatic rings. The summed E-state index contributed by atoms with van der Waals surface area (Å²) in [4.78, 5) is 10.8. The first-order valence-electron chi connectivity index (χ1n) is 4.62. The number of nitrogens with one attached hydrogen (secondary N) is 2. The van der Waals surface area contributed by atoms with Gasteiger partial charge in [-0.1, -0.05) is 11.6 Å². The van der Waals surface area contributed by atoms with Gasteiger partial charge in [-0.05, 0) is 18.2 Å². The fraction of sp³-hybridized carbons (Fsp3) is 0.222.